The Morgan fingerprint density at radius 2 is 1.81 bits per heavy atom. The molecule has 1 saturated heterocycles. The molecule has 2 aromatic carbocycles. The van der Waals surface area contributed by atoms with Crippen molar-refractivity contribution in [3.63, 3.8) is 0 Å². The number of thiocarbonyl (C=S) groups is 1. The van der Waals surface area contributed by atoms with Crippen molar-refractivity contribution in [1.82, 2.24) is 5.32 Å². The predicted molar refractivity (Wildman–Crippen MR) is 100 cm³/mol. The maximum Gasteiger partial charge on any atom is 0.270 e. The Morgan fingerprint density at radius 1 is 1.07 bits per heavy atom. The van der Waals surface area contributed by atoms with Crippen LogP contribution >= 0.6 is 12.2 Å². The number of hydrogen-bond acceptors (Lipinski definition) is 5. The molecule has 8 heteroatoms. The topological polar surface area (TPSA) is 67.9 Å². The van der Waals surface area contributed by atoms with Gasteiger partial charge in [-0.15, -0.1) is 0 Å². The van der Waals surface area contributed by atoms with Gasteiger partial charge in [-0.2, -0.15) is 0 Å². The van der Waals surface area contributed by atoms with E-state index in [0.717, 1.165) is 4.90 Å². The summed E-state index contributed by atoms with van der Waals surface area (Å²) in [7, 11) is 0. The number of hydrogen-bond donors (Lipinski definition) is 1. The summed E-state index contributed by atoms with van der Waals surface area (Å²) >= 11 is 5.06. The molecule has 27 heavy (non-hydrogen) atoms. The zero-order valence-corrected chi connectivity index (χ0v) is 14.7. The summed E-state index contributed by atoms with van der Waals surface area (Å²) in [5.74, 6) is -0.850. The Kier molecular flexibility index (Phi) is 4.33. The van der Waals surface area contributed by atoms with Crippen molar-refractivity contribution in [3.8, 4) is 11.5 Å². The van der Waals surface area contributed by atoms with E-state index in [0.29, 0.717) is 30.3 Å². The van der Waals surface area contributed by atoms with Gasteiger partial charge in [-0.25, -0.2) is 9.29 Å². The van der Waals surface area contributed by atoms with E-state index < -0.39 is 17.6 Å². The highest BCUT2D eigenvalue weighted by Gasteiger charge is 2.35. The molecule has 2 aliphatic heterocycles. The second-order valence-corrected chi connectivity index (χ2v) is 6.20. The van der Waals surface area contributed by atoms with Crippen LogP contribution in [-0.4, -0.2) is 30.1 Å². The molecule has 0 spiro atoms. The molecule has 0 radical (unpaired) electrons. The molecule has 1 fully saturated rings. The number of nitrogens with one attached hydrogen (secondary N) is 1. The molecule has 2 aromatic rings. The van der Waals surface area contributed by atoms with Gasteiger partial charge in [0, 0.05) is 0 Å². The van der Waals surface area contributed by atoms with Gasteiger partial charge < -0.3 is 9.47 Å². The summed E-state index contributed by atoms with van der Waals surface area (Å²) in [6.45, 7) is 0.880. The molecule has 0 aliphatic carbocycles. The second-order valence-electron chi connectivity index (χ2n) is 5.81. The molecule has 2 aliphatic rings. The van der Waals surface area contributed by atoms with Crippen molar-refractivity contribution in [2.75, 3.05) is 18.1 Å². The summed E-state index contributed by atoms with van der Waals surface area (Å²) < 4.78 is 25.1. The van der Waals surface area contributed by atoms with Crippen LogP contribution in [0.1, 0.15) is 5.56 Å². The van der Waals surface area contributed by atoms with Gasteiger partial charge in [0.25, 0.3) is 11.8 Å². The van der Waals surface area contributed by atoms with Gasteiger partial charge in [0.15, 0.2) is 16.6 Å². The van der Waals surface area contributed by atoms with E-state index in [1.54, 1.807) is 24.3 Å². The molecule has 0 unspecified atom stereocenters. The molecule has 6 nitrogen and oxygen atoms in total. The molecule has 0 bridgehead atoms. The van der Waals surface area contributed by atoms with Crippen molar-refractivity contribution in [3.05, 3.63) is 59.4 Å². The summed E-state index contributed by atoms with van der Waals surface area (Å²) in [5.41, 5.74) is 0.378. The maximum atomic E-state index is 14.1. The fourth-order valence-electron chi connectivity index (χ4n) is 2.83. The average Bonchev–Trinajstić information content (AvgIpc) is 2.66. The number of amides is 2. The molecular formula is C19H13FN2O4S. The van der Waals surface area contributed by atoms with Gasteiger partial charge in [0.2, 0.25) is 0 Å². The highest BCUT2D eigenvalue weighted by molar-refractivity contribution is 7.80. The van der Waals surface area contributed by atoms with Crippen molar-refractivity contribution in [2.45, 2.75) is 0 Å². The number of anilines is 1. The van der Waals surface area contributed by atoms with Gasteiger partial charge in [-0.1, -0.05) is 18.2 Å². The molecular weight excluding hydrogens is 371 g/mol. The second kappa shape index (κ2) is 6.81. The quantitative estimate of drug-likeness (QED) is 0.489. The van der Waals surface area contributed by atoms with Crippen LogP contribution in [0.15, 0.2) is 48.0 Å². The monoisotopic (exact) mass is 384 g/mol. The van der Waals surface area contributed by atoms with Crippen LogP contribution in [0.25, 0.3) is 6.08 Å². The lowest BCUT2D eigenvalue weighted by Gasteiger charge is -2.29. The number of carbonyl (C=O) groups excluding carboxylic acids is 2. The van der Waals surface area contributed by atoms with Crippen molar-refractivity contribution >= 4 is 40.9 Å². The van der Waals surface area contributed by atoms with Crippen molar-refractivity contribution in [2.24, 2.45) is 0 Å². The number of nitrogens with zero attached hydrogens (tertiary/aromatic N) is 1. The lowest BCUT2D eigenvalue weighted by atomic mass is 10.1. The molecule has 2 heterocycles. The number of halogens is 1. The minimum Gasteiger partial charge on any atom is -0.486 e. The lowest BCUT2D eigenvalue weighted by molar-refractivity contribution is -0.122. The Bertz CT molecular complexity index is 1000. The third kappa shape index (κ3) is 3.15. The van der Waals surface area contributed by atoms with E-state index in [1.807, 2.05) is 0 Å². The fourth-order valence-corrected chi connectivity index (χ4v) is 3.10. The predicted octanol–water partition coefficient (Wildman–Crippen LogP) is 2.43. The number of fused-ring (bicyclic) bond motifs is 1. The van der Waals surface area contributed by atoms with Crippen LogP contribution in [0, 0.1) is 5.82 Å². The highest BCUT2D eigenvalue weighted by Crippen LogP contribution is 2.32. The molecule has 4 rings (SSSR count). The lowest BCUT2D eigenvalue weighted by Crippen LogP contribution is -2.54. The Morgan fingerprint density at radius 3 is 2.59 bits per heavy atom. The largest absolute Gasteiger partial charge is 0.486 e. The van der Waals surface area contributed by atoms with Crippen LogP contribution in [0.3, 0.4) is 0 Å². The molecule has 0 saturated carbocycles. The number of carbonyl (C=O) groups is 2. The SMILES string of the molecule is O=C1NC(=S)N(c2ccccc2F)C(=O)/C1=C/c1ccc2c(c1)OCCO2. The van der Waals surface area contributed by atoms with Crippen LogP contribution in [0.5, 0.6) is 11.5 Å². The molecule has 1 N–H and O–H groups in total. The normalized spacial score (nSPS) is 17.9. The first kappa shape index (κ1) is 17.2. The van der Waals surface area contributed by atoms with E-state index in [4.69, 9.17) is 21.7 Å². The van der Waals surface area contributed by atoms with Crippen molar-refractivity contribution in [1.29, 1.82) is 0 Å². The number of para-hydroxylation sites is 1. The highest BCUT2D eigenvalue weighted by atomic mass is 32.1. The first-order chi connectivity index (χ1) is 13.0. The molecule has 136 valence electrons. The summed E-state index contributed by atoms with van der Waals surface area (Å²) in [5, 5.41) is 2.25. The zero-order valence-electron chi connectivity index (χ0n) is 13.9. The Hall–Kier alpha value is -3.26. The number of rotatable bonds is 2. The molecule has 0 aromatic heterocycles. The summed E-state index contributed by atoms with van der Waals surface area (Å²) in [4.78, 5) is 26.2. The molecule has 0 atom stereocenters. The number of benzene rings is 2. The maximum absolute atomic E-state index is 14.1. The van der Waals surface area contributed by atoms with E-state index >= 15 is 0 Å². The number of ether oxygens (including phenoxy) is 2. The van der Waals surface area contributed by atoms with E-state index in [1.165, 1.54) is 24.3 Å². The van der Waals surface area contributed by atoms with Gasteiger partial charge in [-0.05, 0) is 48.1 Å². The molecule has 2 amide bonds. The van der Waals surface area contributed by atoms with Crippen molar-refractivity contribution < 1.29 is 23.5 Å². The fraction of sp³-hybridized carbons (Fsp3) is 0.105. The van der Waals surface area contributed by atoms with Crippen LogP contribution in [0.2, 0.25) is 0 Å². The zero-order chi connectivity index (χ0) is 19.0. The Balaban J connectivity index is 1.72. The van der Waals surface area contributed by atoms with E-state index in [-0.39, 0.29) is 16.4 Å². The minimum absolute atomic E-state index is 0.0272. The standard InChI is InChI=1S/C19H13FN2O4S/c20-13-3-1-2-4-14(13)22-18(24)12(17(23)21-19(22)27)9-11-5-6-15-16(10-11)26-8-7-25-15/h1-6,9-10H,7-8H2,(H,21,23,27)/b12-9+. The van der Waals surface area contributed by atoms with E-state index in [9.17, 15) is 14.0 Å². The summed E-state index contributed by atoms with van der Waals surface area (Å²) in [6, 6.07) is 10.8. The van der Waals surface area contributed by atoms with Crippen LogP contribution in [0.4, 0.5) is 10.1 Å². The third-order valence-corrected chi connectivity index (χ3v) is 4.36. The van der Waals surface area contributed by atoms with Crippen LogP contribution in [-0.2, 0) is 9.59 Å². The minimum atomic E-state index is -0.705. The first-order valence-corrected chi connectivity index (χ1v) is 8.51. The van der Waals surface area contributed by atoms with Gasteiger partial charge in [-0.3, -0.25) is 14.9 Å². The Labute approximate surface area is 159 Å². The van der Waals surface area contributed by atoms with Gasteiger partial charge in [0.1, 0.15) is 24.6 Å². The summed E-state index contributed by atoms with van der Waals surface area (Å²) in [6.07, 6.45) is 1.41. The third-order valence-electron chi connectivity index (χ3n) is 4.07. The smallest absolute Gasteiger partial charge is 0.270 e. The van der Waals surface area contributed by atoms with Crippen LogP contribution < -0.4 is 19.7 Å². The van der Waals surface area contributed by atoms with Gasteiger partial charge >= 0.3 is 0 Å². The first-order valence-electron chi connectivity index (χ1n) is 8.10. The average molecular weight is 384 g/mol. The van der Waals surface area contributed by atoms with Gasteiger partial charge in [0.05, 0.1) is 5.69 Å². The van der Waals surface area contributed by atoms with E-state index in [2.05, 4.69) is 5.32 Å².